The fraction of sp³-hybridized carbons (Fsp3) is 0.909. The lowest BCUT2D eigenvalue weighted by Gasteiger charge is -2.25. The second kappa shape index (κ2) is 4.72. The number of nitrogens with zero attached hydrogens (tertiary/aromatic N) is 1. The Morgan fingerprint density at radius 2 is 2.19 bits per heavy atom. The predicted molar refractivity (Wildman–Crippen MR) is 61.6 cm³/mol. The van der Waals surface area contributed by atoms with E-state index >= 15 is 0 Å². The summed E-state index contributed by atoms with van der Waals surface area (Å²) >= 11 is 0. The smallest absolute Gasteiger partial charge is 0.169 e. The molecule has 0 N–H and O–H groups in total. The molecule has 0 amide bonds. The summed E-state index contributed by atoms with van der Waals surface area (Å²) in [6, 6.07) is 2.06. The molecule has 0 aromatic carbocycles. The third-order valence-corrected chi connectivity index (χ3v) is 6.13. The number of ether oxygens (including phenoxy) is 1. The van der Waals surface area contributed by atoms with Crippen LogP contribution in [0.4, 0.5) is 0 Å². The van der Waals surface area contributed by atoms with Gasteiger partial charge in [0.2, 0.25) is 0 Å². The highest BCUT2D eigenvalue weighted by Crippen LogP contribution is 2.45. The molecule has 4 nitrogen and oxygen atoms in total. The Morgan fingerprint density at radius 3 is 2.62 bits per heavy atom. The highest BCUT2D eigenvalue weighted by molar-refractivity contribution is 7.93. The zero-order valence-electron chi connectivity index (χ0n) is 10.1. The molecule has 0 aliphatic heterocycles. The van der Waals surface area contributed by atoms with Crippen LogP contribution in [0, 0.1) is 23.2 Å². The number of nitriles is 1. The van der Waals surface area contributed by atoms with E-state index in [1.54, 1.807) is 14.0 Å². The SMILES string of the molecule is CCS(=O)(=O)[C@]1(C#N)C[C@H](COC)C[C@H]1C. The molecule has 3 atom stereocenters. The lowest BCUT2D eigenvalue weighted by Crippen LogP contribution is -2.41. The lowest BCUT2D eigenvalue weighted by molar-refractivity contribution is 0.153. The first kappa shape index (κ1) is 13.5. The van der Waals surface area contributed by atoms with E-state index in [1.165, 1.54) is 0 Å². The minimum atomic E-state index is -3.33. The van der Waals surface area contributed by atoms with Gasteiger partial charge < -0.3 is 4.74 Å². The monoisotopic (exact) mass is 245 g/mol. The Bertz CT molecular complexity index is 385. The second-order valence-corrected chi connectivity index (χ2v) is 7.10. The summed E-state index contributed by atoms with van der Waals surface area (Å²) in [6.45, 7) is 3.99. The zero-order chi connectivity index (χ0) is 12.4. The summed E-state index contributed by atoms with van der Waals surface area (Å²) in [7, 11) is -1.72. The third kappa shape index (κ3) is 1.96. The van der Waals surface area contributed by atoms with Crippen LogP contribution in [-0.2, 0) is 14.6 Å². The maximum Gasteiger partial charge on any atom is 0.169 e. The van der Waals surface area contributed by atoms with Crippen LogP contribution in [0.5, 0.6) is 0 Å². The van der Waals surface area contributed by atoms with E-state index in [4.69, 9.17) is 4.74 Å². The summed E-state index contributed by atoms with van der Waals surface area (Å²) in [6.07, 6.45) is 1.16. The van der Waals surface area contributed by atoms with Crippen LogP contribution in [0.25, 0.3) is 0 Å². The first-order valence-corrected chi connectivity index (χ1v) is 7.21. The highest BCUT2D eigenvalue weighted by Gasteiger charge is 2.53. The maximum absolute atomic E-state index is 12.1. The number of methoxy groups -OCH3 is 1. The lowest BCUT2D eigenvalue weighted by atomic mass is 9.99. The average molecular weight is 245 g/mol. The van der Waals surface area contributed by atoms with Gasteiger partial charge in [-0.05, 0) is 24.7 Å². The first-order valence-electron chi connectivity index (χ1n) is 5.56. The fourth-order valence-electron chi connectivity index (χ4n) is 2.68. The van der Waals surface area contributed by atoms with Crippen molar-refractivity contribution in [1.82, 2.24) is 0 Å². The van der Waals surface area contributed by atoms with Crippen molar-refractivity contribution in [3.8, 4) is 6.07 Å². The van der Waals surface area contributed by atoms with Crippen LogP contribution in [0.1, 0.15) is 26.7 Å². The molecule has 1 rings (SSSR count). The highest BCUT2D eigenvalue weighted by atomic mass is 32.2. The van der Waals surface area contributed by atoms with Gasteiger partial charge in [0, 0.05) is 19.5 Å². The number of hydrogen-bond acceptors (Lipinski definition) is 4. The van der Waals surface area contributed by atoms with Gasteiger partial charge >= 0.3 is 0 Å². The van der Waals surface area contributed by atoms with E-state index < -0.39 is 14.6 Å². The van der Waals surface area contributed by atoms with Crippen LogP contribution in [-0.4, -0.2) is 32.6 Å². The standard InChI is InChI=1S/C11H19NO3S/c1-4-16(13,14)11(8-12)6-10(7-15-3)5-9(11)2/h9-10H,4-7H2,1-3H3/t9-,10-,11+/m1/s1. The summed E-state index contributed by atoms with van der Waals surface area (Å²) in [5.74, 6) is 0.105. The van der Waals surface area contributed by atoms with Crippen LogP contribution in [0.3, 0.4) is 0 Å². The number of sulfone groups is 1. The first-order chi connectivity index (χ1) is 7.43. The Hall–Kier alpha value is -0.600. The molecule has 1 saturated carbocycles. The van der Waals surface area contributed by atoms with Crippen molar-refractivity contribution in [2.24, 2.45) is 11.8 Å². The molecule has 1 aliphatic carbocycles. The molecule has 16 heavy (non-hydrogen) atoms. The zero-order valence-corrected chi connectivity index (χ0v) is 10.9. The minimum absolute atomic E-state index is 0.0323. The van der Waals surface area contributed by atoms with Gasteiger partial charge in [0.1, 0.15) is 0 Å². The molecule has 1 aliphatic rings. The largest absolute Gasteiger partial charge is 0.384 e. The number of hydrogen-bond donors (Lipinski definition) is 0. The second-order valence-electron chi connectivity index (χ2n) is 4.57. The van der Waals surface area contributed by atoms with Gasteiger partial charge in [-0.15, -0.1) is 0 Å². The molecule has 0 saturated heterocycles. The van der Waals surface area contributed by atoms with Gasteiger partial charge in [0.05, 0.1) is 6.07 Å². The summed E-state index contributed by atoms with van der Waals surface area (Å²) in [4.78, 5) is 0. The molecule has 0 bridgehead atoms. The molecule has 0 spiro atoms. The molecular weight excluding hydrogens is 226 g/mol. The molecule has 0 aromatic rings. The maximum atomic E-state index is 12.1. The fourth-order valence-corrected chi connectivity index (χ4v) is 4.54. The van der Waals surface area contributed by atoms with E-state index in [0.717, 1.165) is 6.42 Å². The quantitative estimate of drug-likeness (QED) is 0.750. The van der Waals surface area contributed by atoms with Crippen molar-refractivity contribution in [1.29, 1.82) is 5.26 Å². The van der Waals surface area contributed by atoms with Crippen LogP contribution in [0.2, 0.25) is 0 Å². The Morgan fingerprint density at radius 1 is 1.56 bits per heavy atom. The van der Waals surface area contributed by atoms with Gasteiger partial charge in [-0.25, -0.2) is 8.42 Å². The van der Waals surface area contributed by atoms with Crippen LogP contribution < -0.4 is 0 Å². The topological polar surface area (TPSA) is 67.2 Å². The Balaban J connectivity index is 3.04. The van der Waals surface area contributed by atoms with Crippen LogP contribution >= 0.6 is 0 Å². The van der Waals surface area contributed by atoms with Crippen LogP contribution in [0.15, 0.2) is 0 Å². The van der Waals surface area contributed by atoms with Crippen molar-refractivity contribution in [3.63, 3.8) is 0 Å². The molecule has 1 fully saturated rings. The molecule has 5 heteroatoms. The molecule has 0 radical (unpaired) electrons. The van der Waals surface area contributed by atoms with Crippen molar-refractivity contribution in [2.45, 2.75) is 31.4 Å². The molecule has 0 aromatic heterocycles. The Kier molecular flexibility index (Phi) is 3.97. The van der Waals surface area contributed by atoms with E-state index in [0.29, 0.717) is 13.0 Å². The van der Waals surface area contributed by atoms with Gasteiger partial charge in [-0.3, -0.25) is 0 Å². The summed E-state index contributed by atoms with van der Waals surface area (Å²) in [5, 5.41) is 9.27. The third-order valence-electron chi connectivity index (χ3n) is 3.60. The van der Waals surface area contributed by atoms with Gasteiger partial charge in [0.15, 0.2) is 14.6 Å². The van der Waals surface area contributed by atoms with Crippen molar-refractivity contribution < 1.29 is 13.2 Å². The average Bonchev–Trinajstić information content (AvgIpc) is 2.57. The van der Waals surface area contributed by atoms with Gasteiger partial charge in [-0.1, -0.05) is 13.8 Å². The summed E-state index contributed by atoms with van der Waals surface area (Å²) in [5.41, 5.74) is 0. The number of rotatable bonds is 4. The van der Waals surface area contributed by atoms with E-state index in [-0.39, 0.29) is 17.6 Å². The molecule has 0 unspecified atom stereocenters. The Labute approximate surface area is 97.5 Å². The van der Waals surface area contributed by atoms with Crippen molar-refractivity contribution >= 4 is 9.84 Å². The summed E-state index contributed by atoms with van der Waals surface area (Å²) < 4.78 is 28.0. The molecular formula is C11H19NO3S. The van der Waals surface area contributed by atoms with Gasteiger partial charge in [-0.2, -0.15) is 5.26 Å². The van der Waals surface area contributed by atoms with E-state index in [2.05, 4.69) is 6.07 Å². The molecule has 92 valence electrons. The van der Waals surface area contributed by atoms with E-state index in [9.17, 15) is 13.7 Å². The molecule has 0 heterocycles. The van der Waals surface area contributed by atoms with E-state index in [1.807, 2.05) is 6.92 Å². The minimum Gasteiger partial charge on any atom is -0.384 e. The normalized spacial score (nSPS) is 34.9. The van der Waals surface area contributed by atoms with Gasteiger partial charge in [0.25, 0.3) is 0 Å². The predicted octanol–water partition coefficient (Wildman–Crippen LogP) is 1.38. The van der Waals surface area contributed by atoms with Crippen molar-refractivity contribution in [2.75, 3.05) is 19.5 Å². The van der Waals surface area contributed by atoms with Crippen molar-refractivity contribution in [3.05, 3.63) is 0 Å².